The molecule has 2 aromatic carbocycles. The van der Waals surface area contributed by atoms with Gasteiger partial charge in [-0.25, -0.2) is 0 Å². The van der Waals surface area contributed by atoms with Crippen molar-refractivity contribution in [2.24, 2.45) is 0 Å². The van der Waals surface area contributed by atoms with E-state index in [2.05, 4.69) is 26.2 Å². The van der Waals surface area contributed by atoms with Crippen molar-refractivity contribution in [2.45, 2.75) is 13.8 Å². The van der Waals surface area contributed by atoms with E-state index in [0.717, 1.165) is 83.4 Å². The Labute approximate surface area is 242 Å². The van der Waals surface area contributed by atoms with Gasteiger partial charge in [-0.05, 0) is 38.1 Å². The molecule has 0 N–H and O–H groups in total. The number of benzene rings is 2. The molecule has 7 nitrogen and oxygen atoms in total. The first-order valence-corrected chi connectivity index (χ1v) is 14.2. The molecule has 0 bridgehead atoms. The van der Waals surface area contributed by atoms with Crippen molar-refractivity contribution in [3.63, 3.8) is 0 Å². The maximum atomic E-state index is 11.5. The molecule has 0 spiro atoms. The van der Waals surface area contributed by atoms with E-state index in [0.29, 0.717) is 21.2 Å². The van der Waals surface area contributed by atoms with Crippen LogP contribution in [0.1, 0.15) is 34.6 Å². The van der Waals surface area contributed by atoms with Gasteiger partial charge < -0.3 is 14.5 Å². The molecule has 2 saturated heterocycles. The molecule has 212 valence electrons. The lowest BCUT2D eigenvalue weighted by Gasteiger charge is -2.36. The van der Waals surface area contributed by atoms with Gasteiger partial charge in [-0.2, -0.15) is 0 Å². The Morgan fingerprint density at radius 1 is 0.795 bits per heavy atom. The molecular weight excluding hydrogens is 535 g/mol. The number of carbonyl (C=O) groups is 2. The van der Waals surface area contributed by atoms with Crippen molar-refractivity contribution < 1.29 is 14.3 Å². The zero-order chi connectivity index (χ0) is 28.4. The molecule has 2 aromatic rings. The lowest BCUT2D eigenvalue weighted by molar-refractivity contribution is 0.100. The van der Waals surface area contributed by atoms with E-state index < -0.39 is 0 Å². The molecule has 0 radical (unpaired) electrons. The monoisotopic (exact) mass is 574 g/mol. The molecule has 2 aliphatic rings. The second-order valence-electron chi connectivity index (χ2n) is 9.79. The van der Waals surface area contributed by atoms with Gasteiger partial charge in [0, 0.05) is 83.7 Å². The number of halogens is 2. The van der Waals surface area contributed by atoms with Crippen molar-refractivity contribution >= 4 is 46.1 Å². The summed E-state index contributed by atoms with van der Waals surface area (Å²) >= 11 is 12.7. The minimum atomic E-state index is 0.00980. The fraction of sp³-hybridized carbons (Fsp3) is 0.467. The van der Waals surface area contributed by atoms with Gasteiger partial charge in [0.1, 0.15) is 0 Å². The first-order valence-electron chi connectivity index (χ1n) is 13.4. The minimum Gasteiger partial charge on any atom is -0.383 e. The van der Waals surface area contributed by atoms with Gasteiger partial charge in [-0.15, -0.1) is 6.58 Å². The average Bonchev–Trinajstić information content (AvgIpc) is 2.93. The van der Waals surface area contributed by atoms with E-state index in [9.17, 15) is 9.59 Å². The molecule has 0 saturated carbocycles. The van der Waals surface area contributed by atoms with E-state index in [1.54, 1.807) is 33.1 Å². The van der Waals surface area contributed by atoms with E-state index in [4.69, 9.17) is 27.9 Å². The third-order valence-electron chi connectivity index (χ3n) is 7.14. The van der Waals surface area contributed by atoms with E-state index in [1.165, 1.54) is 0 Å². The highest BCUT2D eigenvalue weighted by Crippen LogP contribution is 2.31. The van der Waals surface area contributed by atoms with Crippen LogP contribution in [-0.2, 0) is 4.74 Å². The van der Waals surface area contributed by atoms with Gasteiger partial charge in [0.15, 0.2) is 11.6 Å². The molecule has 0 atom stereocenters. The van der Waals surface area contributed by atoms with Gasteiger partial charge in [-0.1, -0.05) is 41.4 Å². The molecule has 0 aromatic heterocycles. The summed E-state index contributed by atoms with van der Waals surface area (Å²) in [5.41, 5.74) is 3.14. The van der Waals surface area contributed by atoms with E-state index in [1.807, 2.05) is 30.3 Å². The van der Waals surface area contributed by atoms with Crippen LogP contribution < -0.4 is 9.80 Å². The summed E-state index contributed by atoms with van der Waals surface area (Å²) in [5.74, 6) is 0.0210. The fourth-order valence-electron chi connectivity index (χ4n) is 4.86. The van der Waals surface area contributed by atoms with Crippen LogP contribution in [0, 0.1) is 0 Å². The van der Waals surface area contributed by atoms with Crippen LogP contribution in [-0.4, -0.2) is 101 Å². The molecule has 39 heavy (non-hydrogen) atoms. The zero-order valence-corrected chi connectivity index (χ0v) is 24.8. The summed E-state index contributed by atoms with van der Waals surface area (Å²) in [6, 6.07) is 11.3. The first kappa shape index (κ1) is 31.1. The molecular formula is C30H40Cl2N4O3. The Bertz CT molecular complexity index is 1130. The van der Waals surface area contributed by atoms with Crippen LogP contribution in [0.5, 0.6) is 0 Å². The van der Waals surface area contributed by atoms with E-state index >= 15 is 0 Å². The first-order chi connectivity index (χ1) is 18.8. The lowest BCUT2D eigenvalue weighted by atomic mass is 10.1. The van der Waals surface area contributed by atoms with Gasteiger partial charge in [0.25, 0.3) is 0 Å². The molecule has 0 amide bonds. The topological polar surface area (TPSA) is 56.3 Å². The zero-order valence-electron chi connectivity index (χ0n) is 23.3. The summed E-state index contributed by atoms with van der Waals surface area (Å²) in [7, 11) is 1.73. The third kappa shape index (κ3) is 8.53. The number of piperazine rings is 2. The molecule has 0 unspecified atom stereocenters. The van der Waals surface area contributed by atoms with Crippen LogP contribution >= 0.6 is 23.2 Å². The fourth-order valence-corrected chi connectivity index (χ4v) is 5.62. The summed E-state index contributed by atoms with van der Waals surface area (Å²) in [6.07, 6.45) is 1.93. The number of ether oxygens (including phenoxy) is 1. The second kappa shape index (κ2) is 15.4. The third-order valence-corrected chi connectivity index (χ3v) is 7.93. The summed E-state index contributed by atoms with van der Waals surface area (Å²) in [5, 5.41) is 1.15. The van der Waals surface area contributed by atoms with Crippen molar-refractivity contribution in [2.75, 3.05) is 89.0 Å². The Morgan fingerprint density at radius 2 is 1.23 bits per heavy atom. The average molecular weight is 576 g/mol. The van der Waals surface area contributed by atoms with Gasteiger partial charge in [0.05, 0.1) is 28.0 Å². The normalized spacial score (nSPS) is 16.4. The summed E-state index contributed by atoms with van der Waals surface area (Å²) in [6.45, 7) is 17.2. The van der Waals surface area contributed by atoms with Crippen molar-refractivity contribution in [3.05, 3.63) is 70.2 Å². The van der Waals surface area contributed by atoms with Crippen LogP contribution in [0.15, 0.2) is 49.1 Å². The van der Waals surface area contributed by atoms with Crippen molar-refractivity contribution in [1.82, 2.24) is 9.80 Å². The second-order valence-corrected chi connectivity index (χ2v) is 10.5. The van der Waals surface area contributed by atoms with Crippen molar-refractivity contribution in [1.29, 1.82) is 0 Å². The summed E-state index contributed by atoms with van der Waals surface area (Å²) < 4.78 is 5.10. The standard InChI is InChI=1S/C15H21ClN2O2.C15H19ClN2O/c1-12(19)13-4-3-5-14(15(13)16)18-8-6-17(7-9-18)10-11-20-2;1-3-7-17-8-10-18(11-9-17)14-6-4-5-13(12(2)19)15(14)16/h3-5H,6-11H2,1-2H3;3-6H,1,7-11H2,2H3. The number of anilines is 2. The number of carbonyl (C=O) groups excluding carboxylic acids is 2. The number of ketones is 2. The Balaban J connectivity index is 0.000000216. The smallest absolute Gasteiger partial charge is 0.161 e. The molecule has 2 heterocycles. The highest BCUT2D eigenvalue weighted by molar-refractivity contribution is 6.37. The summed E-state index contributed by atoms with van der Waals surface area (Å²) in [4.78, 5) is 32.3. The maximum Gasteiger partial charge on any atom is 0.161 e. The molecule has 4 rings (SSSR count). The quantitative estimate of drug-likeness (QED) is 0.303. The van der Waals surface area contributed by atoms with Gasteiger partial charge in [0.2, 0.25) is 0 Å². The van der Waals surface area contributed by atoms with Gasteiger partial charge in [-0.3, -0.25) is 19.4 Å². The van der Waals surface area contributed by atoms with E-state index in [-0.39, 0.29) is 11.6 Å². The van der Waals surface area contributed by atoms with Crippen molar-refractivity contribution in [3.8, 4) is 0 Å². The van der Waals surface area contributed by atoms with Gasteiger partial charge >= 0.3 is 0 Å². The number of Topliss-reactive ketones (excluding diaryl/α,β-unsaturated/α-hetero) is 2. The van der Waals surface area contributed by atoms with Crippen LogP contribution in [0.4, 0.5) is 11.4 Å². The number of hydrogen-bond acceptors (Lipinski definition) is 7. The maximum absolute atomic E-state index is 11.5. The number of rotatable bonds is 9. The number of methoxy groups -OCH3 is 1. The Morgan fingerprint density at radius 3 is 1.62 bits per heavy atom. The Kier molecular flexibility index (Phi) is 12.3. The molecule has 2 fully saturated rings. The predicted octanol–water partition coefficient (Wildman–Crippen LogP) is 5.16. The minimum absolute atomic E-state index is 0.00980. The lowest BCUT2D eigenvalue weighted by Crippen LogP contribution is -2.47. The predicted molar refractivity (Wildman–Crippen MR) is 162 cm³/mol. The molecule has 2 aliphatic heterocycles. The Hall–Kier alpha value is -2.42. The molecule has 9 heteroatoms. The largest absolute Gasteiger partial charge is 0.383 e. The van der Waals surface area contributed by atoms with Crippen LogP contribution in [0.2, 0.25) is 10.0 Å². The van der Waals surface area contributed by atoms with Crippen LogP contribution in [0.3, 0.4) is 0 Å². The number of nitrogens with zero attached hydrogens (tertiary/aromatic N) is 4. The number of hydrogen-bond donors (Lipinski definition) is 0. The highest BCUT2D eigenvalue weighted by atomic mass is 35.5. The molecule has 0 aliphatic carbocycles. The SMILES string of the molecule is C=CCN1CCN(c2cccc(C(C)=O)c2Cl)CC1.COCCN1CCN(c2cccc(C(C)=O)c2Cl)CC1. The highest BCUT2D eigenvalue weighted by Gasteiger charge is 2.21. The van der Waals surface area contributed by atoms with Crippen LogP contribution in [0.25, 0.3) is 0 Å².